The van der Waals surface area contributed by atoms with Crippen LogP contribution in [0.15, 0.2) is 47.5 Å². The maximum absolute atomic E-state index is 14.7. The Morgan fingerprint density at radius 3 is 2.72 bits per heavy atom. The Morgan fingerprint density at radius 1 is 1.14 bits per heavy atom. The van der Waals surface area contributed by atoms with E-state index in [9.17, 15) is 8.78 Å². The number of piperidine rings is 1. The molecule has 2 aromatic carbocycles. The summed E-state index contributed by atoms with van der Waals surface area (Å²) in [5.41, 5.74) is 6.99. The van der Waals surface area contributed by atoms with Crippen LogP contribution in [0.5, 0.6) is 0 Å². The second-order valence-electron chi connectivity index (χ2n) is 8.15. The first-order valence-electron chi connectivity index (χ1n) is 10.3. The third kappa shape index (κ3) is 4.82. The van der Waals surface area contributed by atoms with Crippen molar-refractivity contribution in [1.82, 2.24) is 10.3 Å². The first-order valence-corrected chi connectivity index (χ1v) is 10.3. The van der Waals surface area contributed by atoms with Crippen molar-refractivity contribution < 1.29 is 8.78 Å². The number of aryl methyl sites for hydroxylation is 2. The zero-order valence-corrected chi connectivity index (χ0v) is 17.0. The second-order valence-corrected chi connectivity index (χ2v) is 8.15. The predicted octanol–water partition coefficient (Wildman–Crippen LogP) is 4.17. The zero-order chi connectivity index (χ0) is 20.4. The molecule has 0 radical (unpaired) electrons. The molecule has 6 heteroatoms. The molecule has 2 heterocycles. The zero-order valence-electron chi connectivity index (χ0n) is 17.0. The molecule has 1 N–H and O–H groups in total. The van der Waals surface area contributed by atoms with Crippen LogP contribution in [0.1, 0.15) is 29.5 Å². The average Bonchev–Trinajstić information content (AvgIpc) is 3.03. The summed E-state index contributed by atoms with van der Waals surface area (Å²) in [6.45, 7) is 5.86. The van der Waals surface area contributed by atoms with Gasteiger partial charge in [-0.2, -0.15) is 0 Å². The van der Waals surface area contributed by atoms with Gasteiger partial charge in [0.2, 0.25) is 0 Å². The van der Waals surface area contributed by atoms with E-state index in [1.165, 1.54) is 11.6 Å². The van der Waals surface area contributed by atoms with E-state index >= 15 is 0 Å². The van der Waals surface area contributed by atoms with Crippen molar-refractivity contribution >= 4 is 11.5 Å². The molecule has 29 heavy (non-hydrogen) atoms. The number of likely N-dealkylation sites (tertiary alicyclic amines) is 1. The topological polar surface area (TPSA) is 30.9 Å². The quantitative estimate of drug-likeness (QED) is 0.820. The van der Waals surface area contributed by atoms with Crippen molar-refractivity contribution in [2.45, 2.75) is 45.4 Å². The highest BCUT2D eigenvalue weighted by Crippen LogP contribution is 2.24. The van der Waals surface area contributed by atoms with E-state index in [2.05, 4.69) is 35.4 Å². The predicted molar refractivity (Wildman–Crippen MR) is 113 cm³/mol. The van der Waals surface area contributed by atoms with Crippen LogP contribution in [0.3, 0.4) is 0 Å². The highest BCUT2D eigenvalue weighted by atomic mass is 19.1. The Labute approximate surface area is 171 Å². The van der Waals surface area contributed by atoms with E-state index < -0.39 is 6.17 Å². The summed E-state index contributed by atoms with van der Waals surface area (Å²) in [6.07, 6.45) is 1.11. The fourth-order valence-corrected chi connectivity index (χ4v) is 4.11. The molecule has 2 aliphatic heterocycles. The minimum Gasteiger partial charge on any atom is -0.297 e. The van der Waals surface area contributed by atoms with Crippen LogP contribution >= 0.6 is 0 Å². The molecule has 2 aliphatic rings. The number of aliphatic imine (C=N–C) groups is 1. The lowest BCUT2D eigenvalue weighted by atomic mass is 10.1. The van der Waals surface area contributed by atoms with Crippen LogP contribution in [0.25, 0.3) is 0 Å². The highest BCUT2D eigenvalue weighted by molar-refractivity contribution is 6.00. The maximum Gasteiger partial charge on any atom is 0.148 e. The van der Waals surface area contributed by atoms with Crippen LogP contribution in [0.2, 0.25) is 0 Å². The summed E-state index contributed by atoms with van der Waals surface area (Å²) in [6, 6.07) is 13.5. The van der Waals surface area contributed by atoms with Gasteiger partial charge in [-0.05, 0) is 56.5 Å². The lowest BCUT2D eigenvalue weighted by Gasteiger charge is -2.30. The molecule has 2 unspecified atom stereocenters. The number of hydrogen-bond donors (Lipinski definition) is 1. The molecular weight excluding hydrogens is 370 g/mol. The largest absolute Gasteiger partial charge is 0.297 e. The Morgan fingerprint density at radius 2 is 1.97 bits per heavy atom. The average molecular weight is 399 g/mol. The lowest BCUT2D eigenvalue weighted by molar-refractivity contribution is 0.130. The van der Waals surface area contributed by atoms with Gasteiger partial charge in [-0.3, -0.25) is 9.91 Å². The van der Waals surface area contributed by atoms with Gasteiger partial charge in [0.25, 0.3) is 0 Å². The van der Waals surface area contributed by atoms with E-state index in [4.69, 9.17) is 4.99 Å². The van der Waals surface area contributed by atoms with Gasteiger partial charge in [-0.1, -0.05) is 35.9 Å². The van der Waals surface area contributed by atoms with E-state index in [1.807, 2.05) is 19.1 Å². The first-order chi connectivity index (χ1) is 14.0. The van der Waals surface area contributed by atoms with Crippen LogP contribution < -0.4 is 10.4 Å². The van der Waals surface area contributed by atoms with Crippen molar-refractivity contribution in [2.75, 3.05) is 24.6 Å². The number of nitrogens with one attached hydrogen (secondary N) is 1. The Bertz CT molecular complexity index is 898. The van der Waals surface area contributed by atoms with Gasteiger partial charge in [-0.25, -0.2) is 19.2 Å². The van der Waals surface area contributed by atoms with Crippen molar-refractivity contribution in [3.8, 4) is 0 Å². The van der Waals surface area contributed by atoms with Crippen LogP contribution in [0.4, 0.5) is 14.5 Å². The summed E-state index contributed by atoms with van der Waals surface area (Å²) in [7, 11) is 0. The number of alkyl halides is 1. The molecule has 0 aliphatic carbocycles. The van der Waals surface area contributed by atoms with Gasteiger partial charge in [0.05, 0.1) is 5.69 Å². The first kappa shape index (κ1) is 20.0. The second kappa shape index (κ2) is 8.59. The molecule has 0 spiro atoms. The number of rotatable bonds is 5. The fourth-order valence-electron chi connectivity index (χ4n) is 4.11. The monoisotopic (exact) mass is 398 g/mol. The molecule has 2 atom stereocenters. The summed E-state index contributed by atoms with van der Waals surface area (Å²) < 4.78 is 28.5. The van der Waals surface area contributed by atoms with Crippen molar-refractivity contribution in [2.24, 2.45) is 4.99 Å². The molecule has 4 rings (SSSR count). The minimum absolute atomic E-state index is 0.221. The maximum atomic E-state index is 14.7. The number of halogens is 2. The summed E-state index contributed by atoms with van der Waals surface area (Å²) in [5, 5.41) is 1.76. The number of hydrogen-bond acceptors (Lipinski definition) is 4. The number of amidine groups is 1. The molecule has 0 amide bonds. The molecule has 0 bridgehead atoms. The summed E-state index contributed by atoms with van der Waals surface area (Å²) in [5.74, 6) is 0.494. The van der Waals surface area contributed by atoms with Gasteiger partial charge in [0.15, 0.2) is 0 Å². The van der Waals surface area contributed by atoms with Gasteiger partial charge in [0, 0.05) is 19.5 Å². The van der Waals surface area contributed by atoms with Crippen LogP contribution in [0, 0.1) is 19.7 Å². The fraction of sp³-hybridized carbons (Fsp3) is 0.435. The minimum atomic E-state index is -0.772. The van der Waals surface area contributed by atoms with E-state index in [0.29, 0.717) is 31.6 Å². The Kier molecular flexibility index (Phi) is 5.92. The molecule has 0 saturated carbocycles. The van der Waals surface area contributed by atoms with Gasteiger partial charge < -0.3 is 0 Å². The van der Waals surface area contributed by atoms with Crippen molar-refractivity contribution in [3.63, 3.8) is 0 Å². The van der Waals surface area contributed by atoms with Crippen LogP contribution in [-0.2, 0) is 6.42 Å². The van der Waals surface area contributed by atoms with Crippen LogP contribution in [-0.4, -0.2) is 42.7 Å². The number of anilines is 1. The standard InChI is InChI=1S/C23H28F2N4/c1-16-5-3-6-18(11-16)13-23-26-22(15-28-10-4-7-19(24)14-28)27-29(23)21-9-8-17(2)12-20(21)25/h3,5-6,8-9,11-12,19,22,27H,4,7,10,13-15H2,1-2H3. The normalized spacial score (nSPS) is 22.8. The Hall–Kier alpha value is -2.31. The molecule has 1 saturated heterocycles. The van der Waals surface area contributed by atoms with Gasteiger partial charge in [-0.15, -0.1) is 0 Å². The van der Waals surface area contributed by atoms with E-state index in [1.54, 1.807) is 11.1 Å². The number of nitrogens with zero attached hydrogens (tertiary/aromatic N) is 3. The number of benzene rings is 2. The molecule has 0 aromatic heterocycles. The van der Waals surface area contributed by atoms with E-state index in [-0.39, 0.29) is 12.0 Å². The molecule has 154 valence electrons. The van der Waals surface area contributed by atoms with Crippen molar-refractivity contribution in [1.29, 1.82) is 0 Å². The summed E-state index contributed by atoms with van der Waals surface area (Å²) in [4.78, 5) is 6.96. The molecule has 2 aromatic rings. The molecule has 4 nitrogen and oxygen atoms in total. The SMILES string of the molecule is Cc1cccc(CC2=NC(CN3CCCC(F)C3)NN2c2ccc(C)cc2F)c1. The lowest BCUT2D eigenvalue weighted by Crippen LogP contribution is -2.48. The number of hydrazine groups is 1. The van der Waals surface area contributed by atoms with Gasteiger partial charge in [0.1, 0.15) is 24.0 Å². The van der Waals surface area contributed by atoms with E-state index in [0.717, 1.165) is 29.9 Å². The van der Waals surface area contributed by atoms with Gasteiger partial charge >= 0.3 is 0 Å². The third-order valence-corrected chi connectivity index (χ3v) is 5.51. The Balaban J connectivity index is 1.57. The highest BCUT2D eigenvalue weighted by Gasteiger charge is 2.30. The smallest absolute Gasteiger partial charge is 0.148 e. The van der Waals surface area contributed by atoms with Crippen molar-refractivity contribution in [3.05, 3.63) is 65.0 Å². The molecular formula is C23H28F2N4. The third-order valence-electron chi connectivity index (χ3n) is 5.51. The molecule has 1 fully saturated rings. The summed E-state index contributed by atoms with van der Waals surface area (Å²) >= 11 is 0.